The van der Waals surface area contributed by atoms with E-state index >= 15 is 0 Å². The van der Waals surface area contributed by atoms with Crippen LogP contribution in [0, 0.1) is 16.0 Å². The Morgan fingerprint density at radius 1 is 1.25 bits per heavy atom. The van der Waals surface area contributed by atoms with Crippen LogP contribution in [0.4, 0.5) is 5.69 Å². The third kappa shape index (κ3) is 3.97. The number of aromatic nitrogens is 1. The van der Waals surface area contributed by atoms with Gasteiger partial charge in [0.1, 0.15) is 6.20 Å². The number of nitrogens with zero attached hydrogens (tertiary/aromatic N) is 2. The van der Waals surface area contributed by atoms with Crippen LogP contribution >= 0.6 is 0 Å². The Morgan fingerprint density at radius 2 is 2.04 bits per heavy atom. The maximum absolute atomic E-state index is 11.2. The number of rotatable bonds is 5. The van der Waals surface area contributed by atoms with Crippen molar-refractivity contribution >= 4 is 5.69 Å². The number of nitro groups is 1. The molecule has 3 atom stereocenters. The molecule has 5 heteroatoms. The lowest BCUT2D eigenvalue weighted by Crippen LogP contribution is -2.27. The van der Waals surface area contributed by atoms with E-state index in [-0.39, 0.29) is 22.8 Å². The van der Waals surface area contributed by atoms with Gasteiger partial charge in [-0.15, -0.1) is 0 Å². The molecule has 1 aromatic carbocycles. The zero-order valence-corrected chi connectivity index (χ0v) is 13.8. The summed E-state index contributed by atoms with van der Waals surface area (Å²) in [4.78, 5) is 14.8. The number of aryl methyl sites for hydroxylation is 1. The number of hydrogen-bond donors (Lipinski definition) is 0. The highest BCUT2D eigenvalue weighted by atomic mass is 16.6. The molecule has 1 aliphatic rings. The summed E-state index contributed by atoms with van der Waals surface area (Å²) in [5.74, 6) is 0.506. The van der Waals surface area contributed by atoms with Crippen LogP contribution in [0.3, 0.4) is 0 Å². The van der Waals surface area contributed by atoms with Crippen molar-refractivity contribution in [2.24, 2.45) is 5.92 Å². The SMILES string of the molecule is C[C@@H]1C[C@H](CCc2ccccc2)C[C@H](c2ccncc2[N+](=O)[O-])O1. The number of pyridine rings is 1. The Kier molecular flexibility index (Phi) is 5.20. The minimum atomic E-state index is -0.371. The van der Waals surface area contributed by atoms with Crippen LogP contribution in [0.1, 0.15) is 43.4 Å². The molecule has 0 N–H and O–H groups in total. The summed E-state index contributed by atoms with van der Waals surface area (Å²) >= 11 is 0. The monoisotopic (exact) mass is 326 g/mol. The molecule has 126 valence electrons. The minimum Gasteiger partial charge on any atom is -0.370 e. The molecule has 1 fully saturated rings. The normalized spacial score (nSPS) is 23.8. The van der Waals surface area contributed by atoms with Crippen LogP contribution in [-0.4, -0.2) is 16.0 Å². The van der Waals surface area contributed by atoms with E-state index in [9.17, 15) is 10.1 Å². The molecule has 1 aromatic heterocycles. The highest BCUT2D eigenvalue weighted by Gasteiger charge is 2.32. The summed E-state index contributed by atoms with van der Waals surface area (Å²) in [5.41, 5.74) is 2.03. The third-order valence-corrected chi connectivity index (χ3v) is 4.67. The van der Waals surface area contributed by atoms with Crippen LogP contribution in [0.15, 0.2) is 48.8 Å². The number of benzene rings is 1. The van der Waals surface area contributed by atoms with Gasteiger partial charge in [-0.3, -0.25) is 15.1 Å². The van der Waals surface area contributed by atoms with Gasteiger partial charge < -0.3 is 4.74 Å². The maximum atomic E-state index is 11.2. The first kappa shape index (κ1) is 16.6. The standard InChI is InChI=1S/C19H22N2O3/c1-14-11-16(8-7-15-5-3-2-4-6-15)12-19(24-14)17-9-10-20-13-18(17)21(22)23/h2-6,9-10,13-14,16,19H,7-8,11-12H2,1H3/t14-,16+,19-/m1/s1. The van der Waals surface area contributed by atoms with Crippen LogP contribution in [0.2, 0.25) is 0 Å². The molecule has 24 heavy (non-hydrogen) atoms. The zero-order chi connectivity index (χ0) is 16.9. The van der Waals surface area contributed by atoms with E-state index in [1.165, 1.54) is 11.8 Å². The number of hydrogen-bond acceptors (Lipinski definition) is 4. The maximum Gasteiger partial charge on any atom is 0.293 e. The van der Waals surface area contributed by atoms with E-state index in [2.05, 4.69) is 36.2 Å². The van der Waals surface area contributed by atoms with Crippen molar-refractivity contribution in [2.45, 2.75) is 44.8 Å². The number of ether oxygens (including phenoxy) is 1. The van der Waals surface area contributed by atoms with Crippen LogP contribution in [-0.2, 0) is 11.2 Å². The Bertz CT molecular complexity index is 690. The summed E-state index contributed by atoms with van der Waals surface area (Å²) < 4.78 is 6.01. The van der Waals surface area contributed by atoms with E-state index in [0.717, 1.165) is 25.7 Å². The summed E-state index contributed by atoms with van der Waals surface area (Å²) in [6.07, 6.45) is 6.73. The molecule has 0 aliphatic carbocycles. The molecule has 0 bridgehead atoms. The lowest BCUT2D eigenvalue weighted by Gasteiger charge is -2.34. The molecule has 0 radical (unpaired) electrons. The fourth-order valence-electron chi connectivity index (χ4n) is 3.53. The molecule has 1 aliphatic heterocycles. The van der Waals surface area contributed by atoms with Crippen LogP contribution in [0.25, 0.3) is 0 Å². The van der Waals surface area contributed by atoms with Crippen LogP contribution in [0.5, 0.6) is 0 Å². The van der Waals surface area contributed by atoms with E-state index in [4.69, 9.17) is 4.74 Å². The van der Waals surface area contributed by atoms with Crippen molar-refractivity contribution in [3.63, 3.8) is 0 Å². The van der Waals surface area contributed by atoms with E-state index < -0.39 is 0 Å². The lowest BCUT2D eigenvalue weighted by molar-refractivity contribution is -0.386. The van der Waals surface area contributed by atoms with Gasteiger partial charge in [-0.25, -0.2) is 0 Å². The van der Waals surface area contributed by atoms with Crippen molar-refractivity contribution in [1.29, 1.82) is 0 Å². The van der Waals surface area contributed by atoms with Crippen molar-refractivity contribution < 1.29 is 9.66 Å². The van der Waals surface area contributed by atoms with Crippen molar-refractivity contribution in [2.75, 3.05) is 0 Å². The Balaban J connectivity index is 1.71. The van der Waals surface area contributed by atoms with E-state index in [0.29, 0.717) is 11.5 Å². The average Bonchev–Trinajstić information content (AvgIpc) is 2.60. The van der Waals surface area contributed by atoms with Crippen molar-refractivity contribution in [3.8, 4) is 0 Å². The predicted octanol–water partition coefficient (Wildman–Crippen LogP) is 4.48. The van der Waals surface area contributed by atoms with Gasteiger partial charge >= 0.3 is 0 Å². The summed E-state index contributed by atoms with van der Waals surface area (Å²) in [6.45, 7) is 2.05. The molecule has 2 aromatic rings. The fourth-order valence-corrected chi connectivity index (χ4v) is 3.53. The quantitative estimate of drug-likeness (QED) is 0.600. The first-order chi connectivity index (χ1) is 11.6. The van der Waals surface area contributed by atoms with Gasteiger partial charge in [0.2, 0.25) is 0 Å². The molecule has 3 rings (SSSR count). The van der Waals surface area contributed by atoms with E-state index in [1.54, 1.807) is 12.3 Å². The van der Waals surface area contributed by atoms with Gasteiger partial charge in [0.05, 0.1) is 22.7 Å². The Morgan fingerprint density at radius 3 is 2.79 bits per heavy atom. The smallest absolute Gasteiger partial charge is 0.293 e. The van der Waals surface area contributed by atoms with Gasteiger partial charge in [-0.2, -0.15) is 0 Å². The zero-order valence-electron chi connectivity index (χ0n) is 13.8. The molecule has 0 amide bonds. The highest BCUT2D eigenvalue weighted by Crippen LogP contribution is 2.39. The Hall–Kier alpha value is -2.27. The lowest BCUT2D eigenvalue weighted by atomic mass is 9.85. The molecule has 0 saturated carbocycles. The molecule has 0 spiro atoms. The molecule has 5 nitrogen and oxygen atoms in total. The summed E-state index contributed by atoms with van der Waals surface area (Å²) in [7, 11) is 0. The summed E-state index contributed by atoms with van der Waals surface area (Å²) in [5, 5.41) is 11.2. The van der Waals surface area contributed by atoms with Gasteiger partial charge in [0.25, 0.3) is 5.69 Å². The molecule has 0 unspecified atom stereocenters. The third-order valence-electron chi connectivity index (χ3n) is 4.67. The van der Waals surface area contributed by atoms with Gasteiger partial charge in [0, 0.05) is 6.20 Å². The fraction of sp³-hybridized carbons (Fsp3) is 0.421. The predicted molar refractivity (Wildman–Crippen MR) is 91.7 cm³/mol. The second-order valence-electron chi connectivity index (χ2n) is 6.49. The molecular formula is C19H22N2O3. The average molecular weight is 326 g/mol. The Labute approximate surface area is 141 Å². The topological polar surface area (TPSA) is 65.3 Å². The highest BCUT2D eigenvalue weighted by molar-refractivity contribution is 5.38. The van der Waals surface area contributed by atoms with Gasteiger partial charge in [-0.1, -0.05) is 30.3 Å². The summed E-state index contributed by atoms with van der Waals surface area (Å²) in [6, 6.07) is 12.2. The first-order valence-corrected chi connectivity index (χ1v) is 8.41. The van der Waals surface area contributed by atoms with E-state index in [1.807, 2.05) is 6.07 Å². The molecular weight excluding hydrogens is 304 g/mol. The van der Waals surface area contributed by atoms with Crippen LogP contribution < -0.4 is 0 Å². The van der Waals surface area contributed by atoms with Gasteiger partial charge in [0.15, 0.2) is 0 Å². The second kappa shape index (κ2) is 7.53. The first-order valence-electron chi connectivity index (χ1n) is 8.41. The van der Waals surface area contributed by atoms with Crippen molar-refractivity contribution in [1.82, 2.24) is 4.98 Å². The van der Waals surface area contributed by atoms with Gasteiger partial charge in [-0.05, 0) is 50.2 Å². The molecule has 2 heterocycles. The minimum absolute atomic E-state index is 0.0541. The molecule has 1 saturated heterocycles. The second-order valence-corrected chi connectivity index (χ2v) is 6.49. The largest absolute Gasteiger partial charge is 0.370 e. The van der Waals surface area contributed by atoms with Crippen molar-refractivity contribution in [3.05, 3.63) is 70.0 Å².